The van der Waals surface area contributed by atoms with E-state index in [0.717, 1.165) is 0 Å². The summed E-state index contributed by atoms with van der Waals surface area (Å²) in [5, 5.41) is 2.70. The monoisotopic (exact) mass is 271 g/mol. The molecule has 0 aliphatic carbocycles. The number of hydrogen-bond donors (Lipinski definition) is 1. The number of ketones is 1. The number of carbonyl (C=O) groups is 2. The Morgan fingerprint density at radius 3 is 1.84 bits per heavy atom. The van der Waals surface area contributed by atoms with Gasteiger partial charge in [0.2, 0.25) is 0 Å². The zero-order valence-corrected chi connectivity index (χ0v) is 13.6. The molecular weight excluding hydrogens is 242 g/mol. The molecule has 0 aromatic rings. The van der Waals surface area contributed by atoms with Crippen molar-refractivity contribution in [2.24, 2.45) is 17.3 Å². The minimum absolute atomic E-state index is 0.0374. The van der Waals surface area contributed by atoms with Gasteiger partial charge in [-0.25, -0.2) is 4.79 Å². The van der Waals surface area contributed by atoms with Crippen molar-refractivity contribution in [3.05, 3.63) is 0 Å². The molecule has 0 aromatic carbocycles. The average molecular weight is 271 g/mol. The van der Waals surface area contributed by atoms with Gasteiger partial charge in [0.1, 0.15) is 11.4 Å². The minimum atomic E-state index is -0.524. The molecule has 0 aromatic heterocycles. The summed E-state index contributed by atoms with van der Waals surface area (Å²) in [6.45, 7) is 15.5. The van der Waals surface area contributed by atoms with Crippen molar-refractivity contribution in [2.45, 2.75) is 61.0 Å². The topological polar surface area (TPSA) is 55.4 Å². The number of rotatable bonds is 4. The van der Waals surface area contributed by atoms with Gasteiger partial charge < -0.3 is 10.1 Å². The van der Waals surface area contributed by atoms with Crippen LogP contribution in [0.15, 0.2) is 0 Å². The van der Waals surface area contributed by atoms with E-state index in [2.05, 4.69) is 5.32 Å². The molecule has 0 fully saturated rings. The SMILES string of the molecule is CC(C)C(=O)[C@@H](CNC(=O)OC(C)(C)C)C(C)(C)C. The molecule has 0 heterocycles. The Balaban J connectivity index is 4.62. The van der Waals surface area contributed by atoms with Gasteiger partial charge in [-0.15, -0.1) is 0 Å². The Kier molecular flexibility index (Phi) is 6.04. The molecule has 1 N–H and O–H groups in total. The van der Waals surface area contributed by atoms with Gasteiger partial charge in [-0.3, -0.25) is 4.79 Å². The fourth-order valence-corrected chi connectivity index (χ4v) is 1.74. The minimum Gasteiger partial charge on any atom is -0.444 e. The highest BCUT2D eigenvalue weighted by Gasteiger charge is 2.33. The van der Waals surface area contributed by atoms with E-state index >= 15 is 0 Å². The van der Waals surface area contributed by atoms with Crippen LogP contribution in [0, 0.1) is 17.3 Å². The molecular formula is C15H29NO3. The van der Waals surface area contributed by atoms with Gasteiger partial charge in [-0.2, -0.15) is 0 Å². The number of amides is 1. The predicted molar refractivity (Wildman–Crippen MR) is 77.0 cm³/mol. The van der Waals surface area contributed by atoms with Crippen LogP contribution < -0.4 is 5.32 Å². The second kappa shape index (κ2) is 6.40. The third-order valence-electron chi connectivity index (χ3n) is 2.81. The zero-order chi connectivity index (χ0) is 15.4. The lowest BCUT2D eigenvalue weighted by atomic mass is 9.75. The first kappa shape index (κ1) is 17.9. The van der Waals surface area contributed by atoms with E-state index in [1.54, 1.807) is 0 Å². The highest BCUT2D eigenvalue weighted by Crippen LogP contribution is 2.28. The molecule has 0 bridgehead atoms. The molecule has 0 aliphatic rings. The van der Waals surface area contributed by atoms with Gasteiger partial charge in [-0.1, -0.05) is 34.6 Å². The molecule has 0 aliphatic heterocycles. The second-order valence-corrected chi connectivity index (χ2v) is 7.36. The van der Waals surface area contributed by atoms with Crippen molar-refractivity contribution in [3.8, 4) is 0 Å². The van der Waals surface area contributed by atoms with Crippen LogP contribution in [0.5, 0.6) is 0 Å². The maximum Gasteiger partial charge on any atom is 0.407 e. The maximum absolute atomic E-state index is 12.2. The van der Waals surface area contributed by atoms with Crippen molar-refractivity contribution in [2.75, 3.05) is 6.54 Å². The standard InChI is InChI=1S/C15H29NO3/c1-10(2)12(17)11(14(3,4)5)9-16-13(18)19-15(6,7)8/h10-11H,9H2,1-8H3,(H,16,18)/t11-/m1/s1. The molecule has 1 amide bonds. The summed E-state index contributed by atoms with van der Waals surface area (Å²) in [6, 6.07) is 0. The summed E-state index contributed by atoms with van der Waals surface area (Å²) in [7, 11) is 0. The molecule has 1 atom stereocenters. The van der Waals surface area contributed by atoms with Crippen molar-refractivity contribution < 1.29 is 14.3 Å². The Bertz CT molecular complexity index is 321. The molecule has 4 nitrogen and oxygen atoms in total. The lowest BCUT2D eigenvalue weighted by Crippen LogP contribution is -2.42. The molecule has 0 unspecified atom stereocenters. The smallest absolute Gasteiger partial charge is 0.407 e. The summed E-state index contributed by atoms with van der Waals surface area (Å²) in [6.07, 6.45) is -0.474. The fraction of sp³-hybridized carbons (Fsp3) is 0.867. The highest BCUT2D eigenvalue weighted by molar-refractivity contribution is 5.84. The maximum atomic E-state index is 12.2. The number of alkyl carbamates (subject to hydrolysis) is 1. The van der Waals surface area contributed by atoms with Gasteiger partial charge in [0.15, 0.2) is 0 Å². The largest absolute Gasteiger partial charge is 0.444 e. The van der Waals surface area contributed by atoms with E-state index in [1.165, 1.54) is 0 Å². The van der Waals surface area contributed by atoms with E-state index in [9.17, 15) is 9.59 Å². The van der Waals surface area contributed by atoms with Crippen LogP contribution in [0.4, 0.5) is 4.79 Å². The van der Waals surface area contributed by atoms with Crippen molar-refractivity contribution >= 4 is 11.9 Å². The number of hydrogen-bond acceptors (Lipinski definition) is 3. The first-order valence-electron chi connectivity index (χ1n) is 6.85. The highest BCUT2D eigenvalue weighted by atomic mass is 16.6. The Morgan fingerprint density at radius 2 is 1.53 bits per heavy atom. The van der Waals surface area contributed by atoms with Gasteiger partial charge in [0.05, 0.1) is 0 Å². The first-order valence-corrected chi connectivity index (χ1v) is 6.85. The molecule has 0 saturated carbocycles. The fourth-order valence-electron chi connectivity index (χ4n) is 1.74. The van der Waals surface area contributed by atoms with Crippen molar-refractivity contribution in [3.63, 3.8) is 0 Å². The third-order valence-corrected chi connectivity index (χ3v) is 2.81. The molecule has 0 spiro atoms. The summed E-state index contributed by atoms with van der Waals surface area (Å²) in [5.74, 6) is -0.0757. The summed E-state index contributed by atoms with van der Waals surface area (Å²) < 4.78 is 5.18. The van der Waals surface area contributed by atoms with E-state index in [0.29, 0.717) is 6.54 Å². The van der Waals surface area contributed by atoms with Gasteiger partial charge in [0.25, 0.3) is 0 Å². The molecule has 112 valence electrons. The normalized spacial score (nSPS) is 14.2. The van der Waals surface area contributed by atoms with Crippen LogP contribution in [0.2, 0.25) is 0 Å². The quantitative estimate of drug-likeness (QED) is 0.852. The van der Waals surface area contributed by atoms with Crippen LogP contribution >= 0.6 is 0 Å². The van der Waals surface area contributed by atoms with Crippen LogP contribution in [-0.4, -0.2) is 24.0 Å². The molecule has 0 saturated heterocycles. The van der Waals surface area contributed by atoms with Crippen LogP contribution in [-0.2, 0) is 9.53 Å². The summed E-state index contributed by atoms with van der Waals surface area (Å²) in [5.41, 5.74) is -0.709. The number of ether oxygens (including phenoxy) is 1. The van der Waals surface area contributed by atoms with Crippen molar-refractivity contribution in [1.82, 2.24) is 5.32 Å². The Labute approximate surface area is 117 Å². The summed E-state index contributed by atoms with van der Waals surface area (Å²) in [4.78, 5) is 23.8. The van der Waals surface area contributed by atoms with Gasteiger partial charge in [0, 0.05) is 18.4 Å². The van der Waals surface area contributed by atoms with Gasteiger partial charge >= 0.3 is 6.09 Å². The first-order chi connectivity index (χ1) is 8.34. The Hall–Kier alpha value is -1.06. The van der Waals surface area contributed by atoms with Crippen LogP contribution in [0.25, 0.3) is 0 Å². The zero-order valence-electron chi connectivity index (χ0n) is 13.6. The van der Waals surface area contributed by atoms with E-state index in [-0.39, 0.29) is 23.0 Å². The molecule has 19 heavy (non-hydrogen) atoms. The number of nitrogens with one attached hydrogen (secondary N) is 1. The molecule has 0 radical (unpaired) electrons. The lowest BCUT2D eigenvalue weighted by Gasteiger charge is -2.31. The van der Waals surface area contributed by atoms with E-state index in [1.807, 2.05) is 55.4 Å². The number of carbonyl (C=O) groups excluding carboxylic acids is 2. The van der Waals surface area contributed by atoms with E-state index < -0.39 is 11.7 Å². The molecule has 0 rings (SSSR count). The second-order valence-electron chi connectivity index (χ2n) is 7.36. The Morgan fingerprint density at radius 1 is 1.05 bits per heavy atom. The summed E-state index contributed by atoms with van der Waals surface area (Å²) >= 11 is 0. The average Bonchev–Trinajstić information content (AvgIpc) is 2.12. The van der Waals surface area contributed by atoms with Crippen LogP contribution in [0.1, 0.15) is 55.4 Å². The lowest BCUT2D eigenvalue weighted by molar-refractivity contribution is -0.128. The van der Waals surface area contributed by atoms with E-state index in [4.69, 9.17) is 4.74 Å². The van der Waals surface area contributed by atoms with Crippen LogP contribution in [0.3, 0.4) is 0 Å². The predicted octanol–water partition coefficient (Wildman–Crippen LogP) is 3.40. The van der Waals surface area contributed by atoms with Gasteiger partial charge in [-0.05, 0) is 26.2 Å². The number of Topliss-reactive ketones (excluding diaryl/α,β-unsaturated/α-hetero) is 1. The van der Waals surface area contributed by atoms with Crippen molar-refractivity contribution in [1.29, 1.82) is 0 Å². The third kappa shape index (κ3) is 7.19. The molecule has 4 heteroatoms.